The van der Waals surface area contributed by atoms with Gasteiger partial charge in [-0.3, -0.25) is 4.98 Å². The third-order valence-electron chi connectivity index (χ3n) is 6.29. The molecule has 4 N–H and O–H groups in total. The predicted octanol–water partition coefficient (Wildman–Crippen LogP) is 4.15. The summed E-state index contributed by atoms with van der Waals surface area (Å²) in [6.45, 7) is 1.71. The number of pyridine rings is 2. The van der Waals surface area contributed by atoms with Crippen molar-refractivity contribution < 1.29 is 0 Å². The van der Waals surface area contributed by atoms with Gasteiger partial charge in [0.1, 0.15) is 16.0 Å². The van der Waals surface area contributed by atoms with E-state index >= 15 is 0 Å². The van der Waals surface area contributed by atoms with Crippen LogP contribution in [-0.4, -0.2) is 33.0 Å². The molecule has 0 saturated carbocycles. The third-order valence-corrected chi connectivity index (χ3v) is 8.24. The highest BCUT2D eigenvalue weighted by atomic mass is 35.5. The van der Waals surface area contributed by atoms with Gasteiger partial charge in [0.2, 0.25) is 0 Å². The van der Waals surface area contributed by atoms with Crippen LogP contribution in [0.4, 0.5) is 11.6 Å². The summed E-state index contributed by atoms with van der Waals surface area (Å²) in [6.07, 6.45) is 8.11. The van der Waals surface area contributed by atoms with Crippen LogP contribution < -0.4 is 16.4 Å². The second-order valence-electron chi connectivity index (χ2n) is 7.98. The minimum absolute atomic E-state index is 0.0326. The second-order valence-corrected chi connectivity index (χ2v) is 9.74. The fourth-order valence-electron chi connectivity index (χ4n) is 4.52. The number of nitrogen functional groups attached to an aromatic ring is 1. The van der Waals surface area contributed by atoms with E-state index in [4.69, 9.17) is 34.7 Å². The summed E-state index contributed by atoms with van der Waals surface area (Å²) in [4.78, 5) is 20.6. The van der Waals surface area contributed by atoms with E-state index < -0.39 is 0 Å². The lowest BCUT2D eigenvalue weighted by atomic mass is 9.73. The highest BCUT2D eigenvalue weighted by Gasteiger charge is 2.46. The number of hydrogen-bond acceptors (Lipinski definition) is 8. The van der Waals surface area contributed by atoms with Gasteiger partial charge in [-0.15, -0.1) is 0 Å². The maximum absolute atomic E-state index is 6.65. The van der Waals surface area contributed by atoms with Crippen LogP contribution in [0.25, 0.3) is 0 Å². The Morgan fingerprint density at radius 1 is 1.10 bits per heavy atom. The summed E-state index contributed by atoms with van der Waals surface area (Å²) in [5.74, 6) is 1.14. The van der Waals surface area contributed by atoms with Gasteiger partial charge < -0.3 is 16.4 Å². The molecule has 10 heteroatoms. The SMILES string of the molecule is Nc1nc(N2CCC3(CC2)Cc2ncccc2[C@H]3N)cnc1Sc1ccnc(Cl)c1Cl. The van der Waals surface area contributed by atoms with Crippen molar-refractivity contribution in [1.29, 1.82) is 0 Å². The van der Waals surface area contributed by atoms with Crippen LogP contribution in [-0.2, 0) is 6.42 Å². The molecule has 1 saturated heterocycles. The van der Waals surface area contributed by atoms with Crippen molar-refractivity contribution in [2.45, 2.75) is 35.2 Å². The summed E-state index contributed by atoms with van der Waals surface area (Å²) in [5, 5.41) is 1.21. The number of halogens is 2. The molecule has 0 aromatic carbocycles. The van der Waals surface area contributed by atoms with Gasteiger partial charge in [0.05, 0.1) is 11.2 Å². The van der Waals surface area contributed by atoms with Crippen molar-refractivity contribution in [1.82, 2.24) is 19.9 Å². The number of hydrogen-bond donors (Lipinski definition) is 2. The fourth-order valence-corrected chi connectivity index (χ4v) is 5.74. The average molecular weight is 474 g/mol. The summed E-state index contributed by atoms with van der Waals surface area (Å²) in [7, 11) is 0. The Labute approximate surface area is 194 Å². The van der Waals surface area contributed by atoms with Crippen molar-refractivity contribution in [2.24, 2.45) is 11.1 Å². The fraction of sp³-hybridized carbons (Fsp3) is 0.333. The van der Waals surface area contributed by atoms with E-state index in [2.05, 4.69) is 30.9 Å². The molecule has 0 amide bonds. The van der Waals surface area contributed by atoms with E-state index in [1.54, 1.807) is 18.5 Å². The first-order valence-electron chi connectivity index (χ1n) is 10.0. The normalized spacial score (nSPS) is 19.6. The molecule has 5 rings (SSSR count). The zero-order valence-electron chi connectivity index (χ0n) is 16.6. The summed E-state index contributed by atoms with van der Waals surface area (Å²) < 4.78 is 0. The van der Waals surface area contributed by atoms with E-state index in [1.807, 2.05) is 12.3 Å². The smallest absolute Gasteiger partial charge is 0.158 e. The van der Waals surface area contributed by atoms with Gasteiger partial charge in [-0.2, -0.15) is 0 Å². The van der Waals surface area contributed by atoms with E-state index in [0.717, 1.165) is 48.8 Å². The standard InChI is InChI=1S/C21H21Cl2N7S/c22-16-14(3-7-27-18(16)23)31-20-19(25)29-15(11-28-20)30-8-4-21(5-9-30)10-13-12(17(21)24)2-1-6-26-13/h1-3,6-7,11,17H,4-5,8-10,24H2,(H2,25,29)/t17-/m1/s1. The van der Waals surface area contributed by atoms with Crippen LogP contribution in [0.3, 0.4) is 0 Å². The maximum atomic E-state index is 6.65. The van der Waals surface area contributed by atoms with Crippen LogP contribution in [0, 0.1) is 5.41 Å². The molecule has 7 nitrogen and oxygen atoms in total. The molecular weight excluding hydrogens is 453 g/mol. The molecule has 31 heavy (non-hydrogen) atoms. The summed E-state index contributed by atoms with van der Waals surface area (Å²) in [5.41, 5.74) is 15.3. The van der Waals surface area contributed by atoms with Crippen molar-refractivity contribution in [3.8, 4) is 0 Å². The lowest BCUT2D eigenvalue weighted by Gasteiger charge is -2.42. The largest absolute Gasteiger partial charge is 0.381 e. The van der Waals surface area contributed by atoms with Crippen LogP contribution in [0.2, 0.25) is 10.2 Å². The van der Waals surface area contributed by atoms with Crippen molar-refractivity contribution in [3.05, 3.63) is 58.2 Å². The van der Waals surface area contributed by atoms with Gasteiger partial charge in [0, 0.05) is 42.1 Å². The molecule has 4 heterocycles. The van der Waals surface area contributed by atoms with Gasteiger partial charge in [0.15, 0.2) is 5.82 Å². The Morgan fingerprint density at radius 2 is 1.90 bits per heavy atom. The highest BCUT2D eigenvalue weighted by molar-refractivity contribution is 7.99. The van der Waals surface area contributed by atoms with Gasteiger partial charge in [-0.25, -0.2) is 15.0 Å². The number of nitrogens with zero attached hydrogens (tertiary/aromatic N) is 5. The molecule has 0 unspecified atom stereocenters. The summed E-state index contributed by atoms with van der Waals surface area (Å²) in [6, 6.07) is 5.89. The molecule has 1 spiro atoms. The van der Waals surface area contributed by atoms with E-state index in [-0.39, 0.29) is 16.6 Å². The second kappa shape index (κ2) is 8.09. The van der Waals surface area contributed by atoms with Crippen molar-refractivity contribution >= 4 is 46.6 Å². The Morgan fingerprint density at radius 3 is 2.65 bits per heavy atom. The van der Waals surface area contributed by atoms with Gasteiger partial charge in [-0.1, -0.05) is 41.0 Å². The lowest BCUT2D eigenvalue weighted by Crippen LogP contribution is -2.44. The molecule has 0 radical (unpaired) electrons. The number of piperidine rings is 1. The lowest BCUT2D eigenvalue weighted by molar-refractivity contribution is 0.186. The Bertz CT molecular complexity index is 1130. The molecule has 1 aliphatic carbocycles. The minimum atomic E-state index is 0.0326. The molecule has 0 bridgehead atoms. The van der Waals surface area contributed by atoms with Crippen LogP contribution in [0.1, 0.15) is 30.1 Å². The van der Waals surface area contributed by atoms with Crippen molar-refractivity contribution in [3.63, 3.8) is 0 Å². The average Bonchev–Trinajstić information content (AvgIpc) is 3.05. The predicted molar refractivity (Wildman–Crippen MR) is 124 cm³/mol. The van der Waals surface area contributed by atoms with Crippen LogP contribution in [0.5, 0.6) is 0 Å². The minimum Gasteiger partial charge on any atom is -0.381 e. The van der Waals surface area contributed by atoms with Gasteiger partial charge in [-0.05, 0) is 42.4 Å². The maximum Gasteiger partial charge on any atom is 0.158 e. The van der Waals surface area contributed by atoms with E-state index in [9.17, 15) is 0 Å². The quantitative estimate of drug-likeness (QED) is 0.546. The first-order chi connectivity index (χ1) is 15.0. The highest BCUT2D eigenvalue weighted by Crippen LogP contribution is 2.50. The number of anilines is 2. The number of fused-ring (bicyclic) bond motifs is 1. The third kappa shape index (κ3) is 3.71. The zero-order chi connectivity index (χ0) is 21.6. The van der Waals surface area contributed by atoms with Crippen LogP contribution >= 0.6 is 35.0 Å². The number of rotatable bonds is 3. The number of aromatic nitrogens is 4. The topological polar surface area (TPSA) is 107 Å². The Hall–Kier alpha value is -2.13. The number of nitrogens with two attached hydrogens (primary N) is 2. The molecule has 160 valence electrons. The van der Waals surface area contributed by atoms with Crippen LogP contribution in [0.15, 0.2) is 46.7 Å². The van der Waals surface area contributed by atoms with Gasteiger partial charge >= 0.3 is 0 Å². The molecule has 2 aliphatic rings. The molecule has 3 aromatic rings. The Balaban J connectivity index is 1.29. The first kappa shape index (κ1) is 20.8. The van der Waals surface area contributed by atoms with E-state index in [1.165, 1.54) is 17.3 Å². The molecule has 1 aliphatic heterocycles. The summed E-state index contributed by atoms with van der Waals surface area (Å²) >= 11 is 13.5. The first-order valence-corrected chi connectivity index (χ1v) is 11.6. The van der Waals surface area contributed by atoms with E-state index in [0.29, 0.717) is 15.9 Å². The molecule has 1 atom stereocenters. The monoisotopic (exact) mass is 473 g/mol. The zero-order valence-corrected chi connectivity index (χ0v) is 19.0. The van der Waals surface area contributed by atoms with Crippen molar-refractivity contribution in [2.75, 3.05) is 23.7 Å². The molecule has 1 fully saturated rings. The van der Waals surface area contributed by atoms with Gasteiger partial charge in [0.25, 0.3) is 0 Å². The Kier molecular flexibility index (Phi) is 5.42. The molecular formula is C21H21Cl2N7S. The molecule has 3 aromatic heterocycles.